The van der Waals surface area contributed by atoms with E-state index in [0.717, 1.165) is 16.7 Å². The van der Waals surface area contributed by atoms with Gasteiger partial charge < -0.3 is 9.73 Å². The third kappa shape index (κ3) is 3.55. The first kappa shape index (κ1) is 17.7. The molecule has 0 atom stereocenters. The molecule has 0 unspecified atom stereocenters. The van der Waals surface area contributed by atoms with Crippen LogP contribution < -0.4 is 10.7 Å². The zero-order valence-electron chi connectivity index (χ0n) is 15.5. The minimum absolute atomic E-state index is 0.0905. The fourth-order valence-electron chi connectivity index (χ4n) is 2.99. The van der Waals surface area contributed by atoms with Crippen molar-refractivity contribution in [1.29, 1.82) is 0 Å². The molecule has 0 fully saturated rings. The average Bonchev–Trinajstić information content (AvgIpc) is 2.68. The van der Waals surface area contributed by atoms with Crippen molar-refractivity contribution in [1.82, 2.24) is 4.98 Å². The zero-order chi connectivity index (χ0) is 19.7. The van der Waals surface area contributed by atoms with Gasteiger partial charge in [-0.2, -0.15) is 0 Å². The number of hydrogen-bond acceptors (Lipinski definition) is 4. The molecule has 28 heavy (non-hydrogen) atoms. The van der Waals surface area contributed by atoms with Crippen molar-refractivity contribution in [2.45, 2.75) is 13.8 Å². The van der Waals surface area contributed by atoms with E-state index in [1.54, 1.807) is 42.6 Å². The average molecular weight is 370 g/mol. The van der Waals surface area contributed by atoms with Crippen molar-refractivity contribution in [3.63, 3.8) is 0 Å². The first-order valence-electron chi connectivity index (χ1n) is 8.88. The van der Waals surface area contributed by atoms with Crippen LogP contribution in [0.15, 0.2) is 76.1 Å². The number of aryl methyl sites for hydroxylation is 2. The lowest BCUT2D eigenvalue weighted by Gasteiger charge is -2.07. The fourth-order valence-corrected chi connectivity index (χ4v) is 2.99. The molecule has 0 spiro atoms. The Balaban J connectivity index is 1.61. The predicted molar refractivity (Wildman–Crippen MR) is 110 cm³/mol. The molecule has 138 valence electrons. The summed E-state index contributed by atoms with van der Waals surface area (Å²) in [6.07, 6.45) is 1.65. The lowest BCUT2D eigenvalue weighted by Crippen LogP contribution is -2.12. The fraction of sp³-hybridized carbons (Fsp3) is 0.0870. The van der Waals surface area contributed by atoms with Gasteiger partial charge >= 0.3 is 0 Å². The number of rotatable bonds is 3. The van der Waals surface area contributed by atoms with Crippen molar-refractivity contribution < 1.29 is 9.21 Å². The van der Waals surface area contributed by atoms with Crippen LogP contribution in [0, 0.1) is 13.8 Å². The number of pyridine rings is 1. The minimum Gasteiger partial charge on any atom is -0.456 e. The number of fused-ring (bicyclic) bond motifs is 1. The van der Waals surface area contributed by atoms with Crippen molar-refractivity contribution in [2.24, 2.45) is 0 Å². The third-order valence-corrected chi connectivity index (χ3v) is 4.47. The maximum atomic E-state index is 12.4. The van der Waals surface area contributed by atoms with Crippen molar-refractivity contribution in [2.75, 3.05) is 5.32 Å². The molecule has 2 aromatic heterocycles. The van der Waals surface area contributed by atoms with Gasteiger partial charge in [0.1, 0.15) is 17.2 Å². The standard InChI is InChI=1S/C23H18N2O3/c1-14-3-8-20-18(11-14)19(26)13-21(28-20)16-4-6-17(7-5-16)23(27)25-22-12-15(2)9-10-24-22/h3-13H,1-2H3,(H,24,25,27). The van der Waals surface area contributed by atoms with Crippen LogP contribution in [0.3, 0.4) is 0 Å². The van der Waals surface area contributed by atoms with E-state index in [-0.39, 0.29) is 11.3 Å². The quantitative estimate of drug-likeness (QED) is 0.566. The highest BCUT2D eigenvalue weighted by atomic mass is 16.3. The van der Waals surface area contributed by atoms with Gasteiger partial charge in [-0.1, -0.05) is 23.8 Å². The van der Waals surface area contributed by atoms with Crippen LogP contribution in [0.5, 0.6) is 0 Å². The predicted octanol–water partition coefficient (Wildman–Crippen LogP) is 4.72. The van der Waals surface area contributed by atoms with Gasteiger partial charge in [-0.15, -0.1) is 0 Å². The molecular weight excluding hydrogens is 352 g/mol. The van der Waals surface area contributed by atoms with E-state index < -0.39 is 0 Å². The van der Waals surface area contributed by atoms with E-state index in [1.807, 2.05) is 32.0 Å². The largest absolute Gasteiger partial charge is 0.456 e. The Morgan fingerprint density at radius 2 is 1.68 bits per heavy atom. The van der Waals surface area contributed by atoms with E-state index in [1.165, 1.54) is 6.07 Å². The Bertz CT molecular complexity index is 1240. The molecule has 0 aliphatic carbocycles. The summed E-state index contributed by atoms with van der Waals surface area (Å²) in [6, 6.07) is 17.6. The molecule has 2 heterocycles. The molecule has 4 rings (SSSR count). The van der Waals surface area contributed by atoms with Gasteiger partial charge in [0.05, 0.1) is 5.39 Å². The maximum Gasteiger partial charge on any atom is 0.256 e. The van der Waals surface area contributed by atoms with Gasteiger partial charge in [-0.05, 0) is 55.8 Å². The van der Waals surface area contributed by atoms with Crippen LogP contribution in [0.4, 0.5) is 5.82 Å². The first-order chi connectivity index (χ1) is 13.5. The lowest BCUT2D eigenvalue weighted by molar-refractivity contribution is 0.102. The molecule has 1 amide bonds. The van der Waals surface area contributed by atoms with E-state index in [2.05, 4.69) is 10.3 Å². The molecule has 4 aromatic rings. The maximum absolute atomic E-state index is 12.4. The van der Waals surface area contributed by atoms with Crippen molar-refractivity contribution in [3.05, 3.63) is 93.8 Å². The van der Waals surface area contributed by atoms with Crippen molar-refractivity contribution >= 4 is 22.7 Å². The molecule has 0 aliphatic rings. The van der Waals surface area contributed by atoms with Gasteiger partial charge in [0.25, 0.3) is 5.91 Å². The summed E-state index contributed by atoms with van der Waals surface area (Å²) in [5.74, 6) is 0.721. The molecule has 5 heteroatoms. The number of anilines is 1. The van der Waals surface area contributed by atoms with Gasteiger partial charge in [-0.25, -0.2) is 4.98 Å². The number of hydrogen-bond donors (Lipinski definition) is 1. The molecule has 0 aliphatic heterocycles. The number of aromatic nitrogens is 1. The van der Waals surface area contributed by atoms with E-state index in [4.69, 9.17) is 4.42 Å². The SMILES string of the molecule is Cc1ccnc(NC(=O)c2ccc(-c3cc(=O)c4cc(C)ccc4o3)cc2)c1. The molecule has 2 aromatic carbocycles. The van der Waals surface area contributed by atoms with Gasteiger partial charge in [0.2, 0.25) is 0 Å². The molecule has 5 nitrogen and oxygen atoms in total. The number of benzene rings is 2. The number of carbonyl (C=O) groups excluding carboxylic acids is 1. The number of nitrogens with one attached hydrogen (secondary N) is 1. The smallest absolute Gasteiger partial charge is 0.256 e. The number of amides is 1. The molecule has 0 saturated carbocycles. The van der Waals surface area contributed by atoms with Crippen LogP contribution in [-0.2, 0) is 0 Å². The zero-order valence-corrected chi connectivity index (χ0v) is 15.5. The molecule has 1 N–H and O–H groups in total. The van der Waals surface area contributed by atoms with Crippen LogP contribution in [0.1, 0.15) is 21.5 Å². The van der Waals surface area contributed by atoms with Gasteiger partial charge in [0, 0.05) is 23.4 Å². The Morgan fingerprint density at radius 1 is 0.929 bits per heavy atom. The highest BCUT2D eigenvalue weighted by Crippen LogP contribution is 2.23. The summed E-state index contributed by atoms with van der Waals surface area (Å²) in [5, 5.41) is 3.33. The topological polar surface area (TPSA) is 72.2 Å². The Labute approximate surface area is 161 Å². The second kappa shape index (κ2) is 7.12. The summed E-state index contributed by atoms with van der Waals surface area (Å²) < 4.78 is 5.88. The Morgan fingerprint density at radius 3 is 2.43 bits per heavy atom. The van der Waals surface area contributed by atoms with E-state index in [0.29, 0.717) is 28.1 Å². The molecule has 0 radical (unpaired) electrons. The first-order valence-corrected chi connectivity index (χ1v) is 8.88. The highest BCUT2D eigenvalue weighted by molar-refractivity contribution is 6.04. The van der Waals surface area contributed by atoms with Crippen LogP contribution in [-0.4, -0.2) is 10.9 Å². The second-order valence-corrected chi connectivity index (χ2v) is 6.72. The lowest BCUT2D eigenvalue weighted by atomic mass is 10.1. The second-order valence-electron chi connectivity index (χ2n) is 6.72. The summed E-state index contributed by atoms with van der Waals surface area (Å²) in [5.41, 5.74) is 3.69. The number of nitrogens with zero attached hydrogens (tertiary/aromatic N) is 1. The normalized spacial score (nSPS) is 10.8. The summed E-state index contributed by atoms with van der Waals surface area (Å²) in [6.45, 7) is 3.87. The van der Waals surface area contributed by atoms with Gasteiger partial charge in [-0.3, -0.25) is 9.59 Å². The third-order valence-electron chi connectivity index (χ3n) is 4.47. The highest BCUT2D eigenvalue weighted by Gasteiger charge is 2.10. The molecule has 0 bridgehead atoms. The molecular formula is C23H18N2O3. The summed E-state index contributed by atoms with van der Waals surface area (Å²) in [7, 11) is 0. The van der Waals surface area contributed by atoms with Crippen LogP contribution in [0.25, 0.3) is 22.3 Å². The Kier molecular flexibility index (Phi) is 4.49. The summed E-state index contributed by atoms with van der Waals surface area (Å²) >= 11 is 0. The van der Waals surface area contributed by atoms with Crippen LogP contribution in [0.2, 0.25) is 0 Å². The molecule has 0 saturated heterocycles. The monoisotopic (exact) mass is 370 g/mol. The van der Waals surface area contributed by atoms with E-state index in [9.17, 15) is 9.59 Å². The summed E-state index contributed by atoms with van der Waals surface area (Å²) in [4.78, 5) is 28.9. The van der Waals surface area contributed by atoms with Crippen LogP contribution >= 0.6 is 0 Å². The minimum atomic E-state index is -0.250. The van der Waals surface area contributed by atoms with Gasteiger partial charge in [0.15, 0.2) is 5.43 Å². The Hall–Kier alpha value is -3.73. The van der Waals surface area contributed by atoms with E-state index >= 15 is 0 Å². The number of carbonyl (C=O) groups is 1. The van der Waals surface area contributed by atoms with Crippen molar-refractivity contribution in [3.8, 4) is 11.3 Å².